The fourth-order valence-corrected chi connectivity index (χ4v) is 2.94. The third-order valence-electron chi connectivity index (χ3n) is 4.21. The molecule has 3 rings (SSSR count). The number of aromatic nitrogens is 2. The Balaban J connectivity index is 1.74. The van der Waals surface area contributed by atoms with E-state index in [4.69, 9.17) is 5.73 Å². The molecule has 2 heterocycles. The molecule has 128 valence electrons. The third kappa shape index (κ3) is 3.73. The van der Waals surface area contributed by atoms with E-state index in [0.29, 0.717) is 25.5 Å². The minimum Gasteiger partial charge on any atom is -0.326 e. The average molecular weight is 331 g/mol. The second-order valence-electron chi connectivity index (χ2n) is 6.24. The van der Waals surface area contributed by atoms with E-state index < -0.39 is 0 Å². The predicted octanol–water partition coefficient (Wildman–Crippen LogP) is 2.33. The van der Waals surface area contributed by atoms with Crippen LogP contribution in [0.2, 0.25) is 0 Å². The first kappa shape index (κ1) is 16.4. The Morgan fingerprint density at radius 2 is 2.33 bits per heavy atom. The summed E-state index contributed by atoms with van der Waals surface area (Å²) in [7, 11) is 0. The van der Waals surface area contributed by atoms with Crippen LogP contribution in [0.25, 0.3) is 0 Å². The summed E-state index contributed by atoms with van der Waals surface area (Å²) in [6.07, 6.45) is 3.55. The van der Waals surface area contributed by atoms with Crippen LogP contribution in [0.15, 0.2) is 30.5 Å². The Bertz CT molecular complexity index is 730. The van der Waals surface area contributed by atoms with Gasteiger partial charge in [0.2, 0.25) is 0 Å². The van der Waals surface area contributed by atoms with Gasteiger partial charge in [-0.05, 0) is 37.5 Å². The van der Waals surface area contributed by atoms with Crippen LogP contribution >= 0.6 is 0 Å². The summed E-state index contributed by atoms with van der Waals surface area (Å²) in [5, 5.41) is 7.21. The minimum atomic E-state index is -0.288. The quantitative estimate of drug-likeness (QED) is 0.906. The lowest BCUT2D eigenvalue weighted by atomic mass is 10.1. The van der Waals surface area contributed by atoms with Crippen molar-refractivity contribution in [2.24, 2.45) is 5.73 Å². The van der Waals surface area contributed by atoms with E-state index in [2.05, 4.69) is 10.4 Å². The third-order valence-corrected chi connectivity index (χ3v) is 4.21. The molecule has 24 heavy (non-hydrogen) atoms. The first-order chi connectivity index (χ1) is 11.5. The average Bonchev–Trinajstić information content (AvgIpc) is 2.88. The molecule has 1 fully saturated rings. The van der Waals surface area contributed by atoms with Crippen LogP contribution < -0.4 is 11.1 Å². The summed E-state index contributed by atoms with van der Waals surface area (Å²) in [6, 6.07) is 6.22. The summed E-state index contributed by atoms with van der Waals surface area (Å²) in [4.78, 5) is 14.2. The molecule has 0 radical (unpaired) electrons. The van der Waals surface area contributed by atoms with Crippen LogP contribution in [0.3, 0.4) is 0 Å². The lowest BCUT2D eigenvalue weighted by Gasteiger charge is -2.30. The molecule has 1 saturated heterocycles. The van der Waals surface area contributed by atoms with Gasteiger partial charge in [-0.15, -0.1) is 0 Å². The van der Waals surface area contributed by atoms with Crippen molar-refractivity contribution < 1.29 is 9.18 Å². The van der Waals surface area contributed by atoms with Gasteiger partial charge in [0.05, 0.1) is 12.7 Å². The highest BCUT2D eigenvalue weighted by atomic mass is 19.1. The standard InChI is InChI=1S/C17H22FN5O/c1-12-9-20-23(10-13-4-2-5-14(18)8-13)16(12)21-17(24)22-7-3-6-15(19)11-22/h2,4-5,8-9,15H,3,6-7,10-11,19H2,1H3,(H,21,24)/t15-/m1/s1. The van der Waals surface area contributed by atoms with Gasteiger partial charge in [0.25, 0.3) is 0 Å². The summed E-state index contributed by atoms with van der Waals surface area (Å²) in [5.41, 5.74) is 7.59. The molecule has 2 aromatic rings. The van der Waals surface area contributed by atoms with Crippen LogP contribution in [0.5, 0.6) is 0 Å². The molecule has 0 aliphatic carbocycles. The number of aryl methyl sites for hydroxylation is 1. The van der Waals surface area contributed by atoms with Gasteiger partial charge < -0.3 is 10.6 Å². The zero-order chi connectivity index (χ0) is 17.1. The van der Waals surface area contributed by atoms with Crippen LogP contribution in [-0.4, -0.2) is 39.8 Å². The maximum absolute atomic E-state index is 13.3. The molecular formula is C17H22FN5O. The van der Waals surface area contributed by atoms with Crippen molar-refractivity contribution in [2.75, 3.05) is 18.4 Å². The molecule has 0 bridgehead atoms. The minimum absolute atomic E-state index is 0.0304. The summed E-state index contributed by atoms with van der Waals surface area (Å²) in [6.45, 7) is 3.53. The number of piperidine rings is 1. The van der Waals surface area contributed by atoms with Gasteiger partial charge in [-0.3, -0.25) is 5.32 Å². The number of benzene rings is 1. The molecule has 0 saturated carbocycles. The van der Waals surface area contributed by atoms with Gasteiger partial charge in [-0.25, -0.2) is 13.9 Å². The Hall–Kier alpha value is -2.41. The molecule has 1 aromatic heterocycles. The van der Waals surface area contributed by atoms with Crippen molar-refractivity contribution in [2.45, 2.75) is 32.4 Å². The van der Waals surface area contributed by atoms with Gasteiger partial charge in [-0.1, -0.05) is 12.1 Å². The van der Waals surface area contributed by atoms with Crippen molar-refractivity contribution >= 4 is 11.8 Å². The largest absolute Gasteiger partial charge is 0.326 e. The fourth-order valence-electron chi connectivity index (χ4n) is 2.94. The molecule has 1 aromatic carbocycles. The molecule has 3 N–H and O–H groups in total. The molecule has 1 aliphatic rings. The number of carbonyl (C=O) groups excluding carboxylic acids is 1. The number of nitrogens with one attached hydrogen (secondary N) is 1. The van der Waals surface area contributed by atoms with Crippen molar-refractivity contribution in [1.82, 2.24) is 14.7 Å². The van der Waals surface area contributed by atoms with Crippen LogP contribution in [0, 0.1) is 12.7 Å². The van der Waals surface area contributed by atoms with Crippen molar-refractivity contribution in [3.05, 3.63) is 47.4 Å². The Morgan fingerprint density at radius 1 is 1.50 bits per heavy atom. The van der Waals surface area contributed by atoms with Gasteiger partial charge in [0.15, 0.2) is 0 Å². The fraction of sp³-hybridized carbons (Fsp3) is 0.412. The van der Waals surface area contributed by atoms with Gasteiger partial charge in [0.1, 0.15) is 11.6 Å². The van der Waals surface area contributed by atoms with Gasteiger partial charge in [-0.2, -0.15) is 5.10 Å². The smallest absolute Gasteiger partial charge is 0.323 e. The monoisotopic (exact) mass is 331 g/mol. The van der Waals surface area contributed by atoms with Crippen molar-refractivity contribution in [1.29, 1.82) is 0 Å². The van der Waals surface area contributed by atoms with E-state index in [1.165, 1.54) is 12.1 Å². The molecule has 6 nitrogen and oxygen atoms in total. The maximum atomic E-state index is 13.3. The lowest BCUT2D eigenvalue weighted by molar-refractivity contribution is 0.193. The first-order valence-electron chi connectivity index (χ1n) is 8.11. The number of halogens is 1. The SMILES string of the molecule is Cc1cnn(Cc2cccc(F)c2)c1NC(=O)N1CCC[C@@H](N)C1. The number of hydrogen-bond acceptors (Lipinski definition) is 3. The molecule has 1 aliphatic heterocycles. The van der Waals surface area contributed by atoms with E-state index in [0.717, 1.165) is 24.0 Å². The number of urea groups is 1. The highest BCUT2D eigenvalue weighted by molar-refractivity contribution is 5.89. The molecular weight excluding hydrogens is 309 g/mol. The number of nitrogens with zero attached hydrogens (tertiary/aromatic N) is 3. The summed E-state index contributed by atoms with van der Waals surface area (Å²) < 4.78 is 15.0. The molecule has 0 spiro atoms. The number of likely N-dealkylation sites (tertiary alicyclic amines) is 1. The normalized spacial score (nSPS) is 17.8. The van der Waals surface area contributed by atoms with Gasteiger partial charge in [0, 0.05) is 24.7 Å². The zero-order valence-corrected chi connectivity index (χ0v) is 13.7. The molecule has 0 unspecified atom stereocenters. The topological polar surface area (TPSA) is 76.2 Å². The van der Waals surface area contributed by atoms with Crippen LogP contribution in [0.4, 0.5) is 15.0 Å². The molecule has 2 amide bonds. The van der Waals surface area contributed by atoms with Crippen LogP contribution in [-0.2, 0) is 6.54 Å². The highest BCUT2D eigenvalue weighted by Crippen LogP contribution is 2.18. The number of carbonyl (C=O) groups is 1. The number of anilines is 1. The second-order valence-corrected chi connectivity index (χ2v) is 6.24. The van der Waals surface area contributed by atoms with Crippen molar-refractivity contribution in [3.63, 3.8) is 0 Å². The van der Waals surface area contributed by atoms with Crippen molar-refractivity contribution in [3.8, 4) is 0 Å². The molecule has 1 atom stereocenters. The Morgan fingerprint density at radius 3 is 3.08 bits per heavy atom. The zero-order valence-electron chi connectivity index (χ0n) is 13.7. The number of rotatable bonds is 3. The highest BCUT2D eigenvalue weighted by Gasteiger charge is 2.22. The van der Waals surface area contributed by atoms with E-state index in [-0.39, 0.29) is 17.9 Å². The molecule has 7 heteroatoms. The van der Waals surface area contributed by atoms with E-state index in [9.17, 15) is 9.18 Å². The maximum Gasteiger partial charge on any atom is 0.323 e. The summed E-state index contributed by atoms with van der Waals surface area (Å²) >= 11 is 0. The second kappa shape index (κ2) is 7.00. The van der Waals surface area contributed by atoms with E-state index in [1.54, 1.807) is 21.8 Å². The number of nitrogens with two attached hydrogens (primary N) is 1. The number of amides is 2. The van der Waals surface area contributed by atoms with Crippen LogP contribution in [0.1, 0.15) is 24.0 Å². The van der Waals surface area contributed by atoms with E-state index in [1.807, 2.05) is 13.0 Å². The van der Waals surface area contributed by atoms with E-state index >= 15 is 0 Å². The lowest BCUT2D eigenvalue weighted by Crippen LogP contribution is -2.47. The predicted molar refractivity (Wildman–Crippen MR) is 90.3 cm³/mol. The van der Waals surface area contributed by atoms with Gasteiger partial charge >= 0.3 is 6.03 Å². The number of hydrogen-bond donors (Lipinski definition) is 2. The first-order valence-corrected chi connectivity index (χ1v) is 8.11. The summed E-state index contributed by atoms with van der Waals surface area (Å²) in [5.74, 6) is 0.340. The Labute approximate surface area is 140 Å². The Kier molecular flexibility index (Phi) is 4.80.